The molecule has 0 atom stereocenters. The topological polar surface area (TPSA) is 58.6 Å². The first-order valence-electron chi connectivity index (χ1n) is 6.91. The lowest BCUT2D eigenvalue weighted by atomic mass is 10.4. The predicted octanol–water partition coefficient (Wildman–Crippen LogP) is 2.27. The van der Waals surface area contributed by atoms with E-state index >= 15 is 0 Å². The van der Waals surface area contributed by atoms with Crippen molar-refractivity contribution in [3.8, 4) is 25.7 Å². The zero-order valence-electron chi connectivity index (χ0n) is 13.4. The first-order valence-corrected chi connectivity index (χ1v) is 6.91. The van der Waals surface area contributed by atoms with Gasteiger partial charge >= 0.3 is 6.09 Å². The van der Waals surface area contributed by atoms with Gasteiger partial charge in [0.05, 0.1) is 7.11 Å². The lowest BCUT2D eigenvalue weighted by molar-refractivity contribution is -0.129. The molecule has 0 unspecified atom stereocenters. The highest BCUT2D eigenvalue weighted by Crippen LogP contribution is 2.06. The highest BCUT2D eigenvalue weighted by molar-refractivity contribution is 5.82. The van der Waals surface area contributed by atoms with Gasteiger partial charge in [-0.25, -0.2) is 4.79 Å². The summed E-state index contributed by atoms with van der Waals surface area (Å²) in [6.45, 7) is 6.01. The van der Waals surface area contributed by atoms with E-state index in [-0.39, 0.29) is 12.5 Å². The molecule has 0 aromatic carbocycles. The van der Waals surface area contributed by atoms with Gasteiger partial charge in [0.15, 0.2) is 0 Å². The molecular formula is C16H28N2O3. The molecule has 5 nitrogen and oxygen atoms in total. The monoisotopic (exact) mass is 296 g/mol. The number of ether oxygens (including phenoxy) is 1. The fourth-order valence-electron chi connectivity index (χ4n) is 1.30. The van der Waals surface area contributed by atoms with Gasteiger partial charge < -0.3 is 15.0 Å². The van der Waals surface area contributed by atoms with Crippen molar-refractivity contribution in [2.24, 2.45) is 0 Å². The molecule has 2 amide bonds. The Balaban J connectivity index is -0.000000343. The van der Waals surface area contributed by atoms with Crippen LogP contribution in [0.15, 0.2) is 0 Å². The molecule has 1 heterocycles. The Labute approximate surface area is 129 Å². The SMILES string of the molecule is C#C.C#C.CCCC.COC(=O)NCC(=O)N1CCCC1. The molecule has 120 valence electrons. The minimum atomic E-state index is -0.562. The minimum absolute atomic E-state index is 0.0344. The summed E-state index contributed by atoms with van der Waals surface area (Å²) >= 11 is 0. The molecule has 0 spiro atoms. The van der Waals surface area contributed by atoms with Crippen LogP contribution in [-0.2, 0) is 9.53 Å². The number of methoxy groups -OCH3 is 1. The van der Waals surface area contributed by atoms with E-state index in [0.29, 0.717) is 0 Å². The van der Waals surface area contributed by atoms with E-state index in [1.807, 2.05) is 0 Å². The van der Waals surface area contributed by atoms with Crippen LogP contribution in [0.2, 0.25) is 0 Å². The molecule has 1 aliphatic rings. The molecule has 1 aliphatic heterocycles. The third-order valence-electron chi connectivity index (χ3n) is 2.53. The van der Waals surface area contributed by atoms with Crippen LogP contribution >= 0.6 is 0 Å². The summed E-state index contributed by atoms with van der Waals surface area (Å²) in [6, 6.07) is 0. The van der Waals surface area contributed by atoms with Gasteiger partial charge in [-0.05, 0) is 12.8 Å². The number of terminal acetylenes is 2. The second-order valence-corrected chi connectivity index (χ2v) is 3.93. The summed E-state index contributed by atoms with van der Waals surface area (Å²) in [7, 11) is 1.27. The largest absolute Gasteiger partial charge is 0.453 e. The maximum atomic E-state index is 11.3. The van der Waals surface area contributed by atoms with Crippen molar-refractivity contribution in [1.82, 2.24) is 10.2 Å². The number of hydrogen-bond acceptors (Lipinski definition) is 3. The van der Waals surface area contributed by atoms with Crippen LogP contribution in [0.3, 0.4) is 0 Å². The molecule has 1 rings (SSSR count). The Morgan fingerprint density at radius 1 is 1.05 bits per heavy atom. The van der Waals surface area contributed by atoms with Gasteiger partial charge in [0.25, 0.3) is 0 Å². The van der Waals surface area contributed by atoms with E-state index in [1.54, 1.807) is 4.90 Å². The van der Waals surface area contributed by atoms with Crippen molar-refractivity contribution in [2.75, 3.05) is 26.7 Å². The zero-order chi connectivity index (χ0) is 17.1. The van der Waals surface area contributed by atoms with Gasteiger partial charge in [0.2, 0.25) is 5.91 Å². The summed E-state index contributed by atoms with van der Waals surface area (Å²) in [5.74, 6) is -0.0390. The van der Waals surface area contributed by atoms with E-state index in [2.05, 4.69) is 49.6 Å². The lowest BCUT2D eigenvalue weighted by Gasteiger charge is -2.14. The average Bonchev–Trinajstić information content (AvgIpc) is 3.10. The standard InChI is InChI=1S/C8H14N2O3.C4H10.2C2H2/c1-13-8(12)9-6-7(11)10-4-2-3-5-10;1-3-4-2;2*1-2/h2-6H2,1H3,(H,9,12);3-4H2,1-2H3;2*1-2H. The lowest BCUT2D eigenvalue weighted by Crippen LogP contribution is -2.38. The van der Waals surface area contributed by atoms with Gasteiger partial charge in [-0.3, -0.25) is 4.79 Å². The van der Waals surface area contributed by atoms with Crippen LogP contribution in [0.4, 0.5) is 4.79 Å². The number of unbranched alkanes of at least 4 members (excludes halogenated alkanes) is 1. The second-order valence-electron chi connectivity index (χ2n) is 3.93. The fraction of sp³-hybridized carbons (Fsp3) is 0.625. The van der Waals surface area contributed by atoms with E-state index < -0.39 is 6.09 Å². The van der Waals surface area contributed by atoms with Crippen LogP contribution in [0.25, 0.3) is 0 Å². The molecule has 0 radical (unpaired) electrons. The second kappa shape index (κ2) is 20.2. The van der Waals surface area contributed by atoms with Crippen molar-refractivity contribution in [3.05, 3.63) is 0 Å². The number of carbonyl (C=O) groups excluding carboxylic acids is 2. The summed E-state index contributed by atoms with van der Waals surface area (Å²) in [5.41, 5.74) is 0. The average molecular weight is 296 g/mol. The van der Waals surface area contributed by atoms with Crippen LogP contribution in [0, 0.1) is 25.7 Å². The van der Waals surface area contributed by atoms with Gasteiger partial charge in [-0.2, -0.15) is 0 Å². The molecule has 0 aromatic heterocycles. The van der Waals surface area contributed by atoms with Gasteiger partial charge in [0, 0.05) is 13.1 Å². The summed E-state index contributed by atoms with van der Waals surface area (Å²) in [5, 5.41) is 2.36. The molecule has 0 bridgehead atoms. The van der Waals surface area contributed by atoms with Crippen molar-refractivity contribution in [3.63, 3.8) is 0 Å². The van der Waals surface area contributed by atoms with Gasteiger partial charge in [-0.1, -0.05) is 26.7 Å². The van der Waals surface area contributed by atoms with E-state index in [1.165, 1.54) is 20.0 Å². The van der Waals surface area contributed by atoms with Crippen LogP contribution in [-0.4, -0.2) is 43.6 Å². The van der Waals surface area contributed by atoms with Crippen molar-refractivity contribution in [2.45, 2.75) is 39.5 Å². The Kier molecular flexibility index (Phi) is 23.0. The fourth-order valence-corrected chi connectivity index (χ4v) is 1.30. The molecule has 5 heteroatoms. The normalized spacial score (nSPS) is 11.3. The van der Waals surface area contributed by atoms with E-state index in [0.717, 1.165) is 25.9 Å². The minimum Gasteiger partial charge on any atom is -0.453 e. The molecule has 0 aliphatic carbocycles. The molecule has 0 saturated carbocycles. The number of amides is 2. The molecule has 0 aromatic rings. The Hall–Kier alpha value is -2.14. The zero-order valence-corrected chi connectivity index (χ0v) is 13.4. The Morgan fingerprint density at radius 2 is 1.48 bits per heavy atom. The summed E-state index contributed by atoms with van der Waals surface area (Å²) in [6.07, 6.45) is 20.2. The highest BCUT2D eigenvalue weighted by Gasteiger charge is 2.17. The highest BCUT2D eigenvalue weighted by atomic mass is 16.5. The van der Waals surface area contributed by atoms with Gasteiger partial charge in [-0.15, -0.1) is 25.7 Å². The molecule has 1 saturated heterocycles. The number of nitrogens with one attached hydrogen (secondary N) is 1. The number of alkyl carbamates (subject to hydrolysis) is 1. The maximum Gasteiger partial charge on any atom is 0.407 e. The van der Waals surface area contributed by atoms with E-state index in [4.69, 9.17) is 0 Å². The number of rotatable bonds is 3. The molecule has 1 N–H and O–H groups in total. The summed E-state index contributed by atoms with van der Waals surface area (Å²) in [4.78, 5) is 23.7. The van der Waals surface area contributed by atoms with Crippen molar-refractivity contribution >= 4 is 12.0 Å². The third kappa shape index (κ3) is 15.8. The number of hydrogen-bond donors (Lipinski definition) is 1. The molecule has 21 heavy (non-hydrogen) atoms. The smallest absolute Gasteiger partial charge is 0.407 e. The summed E-state index contributed by atoms with van der Waals surface area (Å²) < 4.78 is 4.34. The first-order chi connectivity index (χ1) is 10.2. The number of nitrogens with zero attached hydrogens (tertiary/aromatic N) is 1. The molecule has 1 fully saturated rings. The van der Waals surface area contributed by atoms with Crippen molar-refractivity contribution in [1.29, 1.82) is 0 Å². The van der Waals surface area contributed by atoms with Crippen LogP contribution < -0.4 is 5.32 Å². The van der Waals surface area contributed by atoms with Crippen LogP contribution in [0.5, 0.6) is 0 Å². The number of carbonyl (C=O) groups is 2. The van der Waals surface area contributed by atoms with Crippen molar-refractivity contribution < 1.29 is 14.3 Å². The third-order valence-corrected chi connectivity index (χ3v) is 2.53. The first kappa shape index (κ1) is 23.9. The van der Waals surface area contributed by atoms with Gasteiger partial charge in [0.1, 0.15) is 6.54 Å². The Bertz CT molecular complexity index is 284. The maximum absolute atomic E-state index is 11.3. The quantitative estimate of drug-likeness (QED) is 0.813. The molecular weight excluding hydrogens is 268 g/mol. The van der Waals surface area contributed by atoms with E-state index in [9.17, 15) is 9.59 Å². The Morgan fingerprint density at radius 3 is 1.81 bits per heavy atom. The predicted molar refractivity (Wildman–Crippen MR) is 86.6 cm³/mol. The van der Waals surface area contributed by atoms with Crippen LogP contribution in [0.1, 0.15) is 39.5 Å². The number of likely N-dealkylation sites (tertiary alicyclic amines) is 1.